The quantitative estimate of drug-likeness (QED) is 0.460. The maximum atomic E-state index is 12.0. The average molecular weight is 408 g/mol. The Morgan fingerprint density at radius 3 is 2.27 bits per heavy atom. The molecule has 0 bridgehead atoms. The molecule has 0 unspecified atom stereocenters. The van der Waals surface area contributed by atoms with Crippen LogP contribution in [0.25, 0.3) is 0 Å². The van der Waals surface area contributed by atoms with E-state index in [2.05, 4.69) is 39.8 Å². The molecule has 1 amide bonds. The molecule has 3 aromatic rings. The van der Waals surface area contributed by atoms with Crippen molar-refractivity contribution in [1.29, 1.82) is 0 Å². The number of hydrogen-bond donors (Lipinski definition) is 1. The topological polar surface area (TPSA) is 77.2 Å². The van der Waals surface area contributed by atoms with Crippen molar-refractivity contribution in [2.75, 3.05) is 13.7 Å². The van der Waals surface area contributed by atoms with Crippen LogP contribution in [0, 0.1) is 0 Å². The molecule has 0 aliphatic heterocycles. The largest absolute Gasteiger partial charge is 0.497 e. The molecule has 0 saturated heterocycles. The standard InChI is InChI=1S/C24H29N3O3/c1-29-21-13-11-20(12-14-21)17-18-25-22(28)15-16-24-27-26-23(30-24)10-6-5-9-19-7-3-2-4-8-19/h2-4,7-8,11-14H,5-6,9-10,15-18H2,1H3,(H,25,28). The van der Waals surface area contributed by atoms with Crippen LogP contribution in [-0.2, 0) is 30.5 Å². The molecule has 0 spiro atoms. The zero-order valence-electron chi connectivity index (χ0n) is 17.5. The summed E-state index contributed by atoms with van der Waals surface area (Å²) in [6.07, 6.45) is 5.50. The molecular weight excluding hydrogens is 378 g/mol. The lowest BCUT2D eigenvalue weighted by Crippen LogP contribution is -2.25. The van der Waals surface area contributed by atoms with Crippen LogP contribution in [0.5, 0.6) is 5.75 Å². The minimum Gasteiger partial charge on any atom is -0.497 e. The smallest absolute Gasteiger partial charge is 0.220 e. The first kappa shape index (κ1) is 21.6. The minimum absolute atomic E-state index is 0.00822. The van der Waals surface area contributed by atoms with E-state index in [4.69, 9.17) is 9.15 Å². The van der Waals surface area contributed by atoms with Crippen molar-refractivity contribution in [1.82, 2.24) is 15.5 Å². The predicted molar refractivity (Wildman–Crippen MR) is 115 cm³/mol. The molecular formula is C24H29N3O3. The summed E-state index contributed by atoms with van der Waals surface area (Å²) in [5, 5.41) is 11.1. The Kier molecular flexibility index (Phi) is 8.45. The number of unbranched alkanes of at least 4 members (excludes halogenated alkanes) is 1. The fourth-order valence-electron chi connectivity index (χ4n) is 3.19. The third kappa shape index (κ3) is 7.35. The van der Waals surface area contributed by atoms with Gasteiger partial charge < -0.3 is 14.5 Å². The normalized spacial score (nSPS) is 10.7. The van der Waals surface area contributed by atoms with Crippen LogP contribution in [0.3, 0.4) is 0 Å². The van der Waals surface area contributed by atoms with E-state index < -0.39 is 0 Å². The van der Waals surface area contributed by atoms with E-state index in [1.165, 1.54) is 5.56 Å². The van der Waals surface area contributed by atoms with Gasteiger partial charge in [-0.05, 0) is 48.9 Å². The molecule has 2 aromatic carbocycles. The number of rotatable bonds is 12. The second kappa shape index (κ2) is 11.8. The van der Waals surface area contributed by atoms with E-state index in [-0.39, 0.29) is 5.91 Å². The van der Waals surface area contributed by atoms with Crippen LogP contribution in [0.1, 0.15) is 42.2 Å². The van der Waals surface area contributed by atoms with Crippen LogP contribution in [0.2, 0.25) is 0 Å². The molecule has 0 aliphatic carbocycles. The van der Waals surface area contributed by atoms with Crippen LogP contribution in [0.4, 0.5) is 0 Å². The lowest BCUT2D eigenvalue weighted by molar-refractivity contribution is -0.121. The van der Waals surface area contributed by atoms with E-state index in [9.17, 15) is 4.79 Å². The Morgan fingerprint density at radius 2 is 1.53 bits per heavy atom. The summed E-state index contributed by atoms with van der Waals surface area (Å²) < 4.78 is 10.8. The van der Waals surface area contributed by atoms with Gasteiger partial charge in [0.1, 0.15) is 5.75 Å². The van der Waals surface area contributed by atoms with Crippen molar-refractivity contribution in [3.05, 3.63) is 77.5 Å². The number of amides is 1. The molecule has 1 aromatic heterocycles. The molecule has 158 valence electrons. The van der Waals surface area contributed by atoms with Gasteiger partial charge in [-0.3, -0.25) is 4.79 Å². The van der Waals surface area contributed by atoms with Gasteiger partial charge in [0.05, 0.1) is 7.11 Å². The first-order valence-corrected chi connectivity index (χ1v) is 10.5. The number of carbonyl (C=O) groups is 1. The van der Waals surface area contributed by atoms with E-state index >= 15 is 0 Å². The highest BCUT2D eigenvalue weighted by molar-refractivity contribution is 5.76. The van der Waals surface area contributed by atoms with E-state index in [0.717, 1.165) is 43.4 Å². The maximum Gasteiger partial charge on any atom is 0.220 e. The zero-order chi connectivity index (χ0) is 21.0. The number of methoxy groups -OCH3 is 1. The minimum atomic E-state index is -0.00822. The van der Waals surface area contributed by atoms with E-state index in [1.54, 1.807) is 7.11 Å². The fourth-order valence-corrected chi connectivity index (χ4v) is 3.19. The summed E-state index contributed by atoms with van der Waals surface area (Å²) in [4.78, 5) is 12.0. The van der Waals surface area contributed by atoms with Gasteiger partial charge in [-0.15, -0.1) is 10.2 Å². The lowest BCUT2D eigenvalue weighted by atomic mass is 10.1. The Labute approximate surface area is 177 Å². The van der Waals surface area contributed by atoms with Gasteiger partial charge in [0.15, 0.2) is 0 Å². The summed E-state index contributed by atoms with van der Waals surface area (Å²) in [5.74, 6) is 2.00. The lowest BCUT2D eigenvalue weighted by Gasteiger charge is -2.05. The van der Waals surface area contributed by atoms with Crippen molar-refractivity contribution in [2.45, 2.75) is 44.9 Å². The van der Waals surface area contributed by atoms with Crippen molar-refractivity contribution >= 4 is 5.91 Å². The van der Waals surface area contributed by atoms with Crippen molar-refractivity contribution < 1.29 is 13.9 Å². The first-order chi connectivity index (χ1) is 14.7. The number of ether oxygens (including phenoxy) is 1. The van der Waals surface area contributed by atoms with Crippen LogP contribution in [-0.4, -0.2) is 29.8 Å². The Bertz CT molecular complexity index is 892. The van der Waals surface area contributed by atoms with Crippen LogP contribution in [0.15, 0.2) is 59.0 Å². The molecule has 6 nitrogen and oxygen atoms in total. The third-order valence-corrected chi connectivity index (χ3v) is 4.92. The number of aromatic nitrogens is 2. The fraction of sp³-hybridized carbons (Fsp3) is 0.375. The van der Waals surface area contributed by atoms with Gasteiger partial charge in [0.25, 0.3) is 0 Å². The van der Waals surface area contributed by atoms with Crippen LogP contribution < -0.4 is 10.1 Å². The van der Waals surface area contributed by atoms with Gasteiger partial charge >= 0.3 is 0 Å². The molecule has 1 heterocycles. The number of aryl methyl sites for hydroxylation is 3. The zero-order valence-corrected chi connectivity index (χ0v) is 17.5. The number of benzene rings is 2. The molecule has 0 saturated carbocycles. The van der Waals surface area contributed by atoms with Crippen molar-refractivity contribution in [3.8, 4) is 5.75 Å². The molecule has 30 heavy (non-hydrogen) atoms. The number of nitrogens with zero attached hydrogens (tertiary/aromatic N) is 2. The van der Waals surface area contributed by atoms with Gasteiger partial charge in [-0.2, -0.15) is 0 Å². The number of hydrogen-bond acceptors (Lipinski definition) is 5. The van der Waals surface area contributed by atoms with Crippen molar-refractivity contribution in [2.24, 2.45) is 0 Å². The summed E-state index contributed by atoms with van der Waals surface area (Å²) in [6, 6.07) is 18.3. The number of nitrogens with one attached hydrogen (secondary N) is 1. The highest BCUT2D eigenvalue weighted by atomic mass is 16.5. The molecule has 0 radical (unpaired) electrons. The van der Waals surface area contributed by atoms with Gasteiger partial charge in [-0.25, -0.2) is 0 Å². The highest BCUT2D eigenvalue weighted by Crippen LogP contribution is 2.12. The van der Waals surface area contributed by atoms with E-state index in [0.29, 0.717) is 31.2 Å². The molecule has 6 heteroatoms. The third-order valence-electron chi connectivity index (χ3n) is 4.92. The average Bonchev–Trinajstić information content (AvgIpc) is 3.24. The molecule has 0 aliphatic rings. The summed E-state index contributed by atoms with van der Waals surface area (Å²) in [5.41, 5.74) is 2.51. The molecule has 0 fully saturated rings. The van der Waals surface area contributed by atoms with E-state index in [1.807, 2.05) is 30.3 Å². The SMILES string of the molecule is COc1ccc(CCNC(=O)CCc2nnc(CCCCc3ccccc3)o2)cc1. The van der Waals surface area contributed by atoms with Gasteiger partial charge in [0.2, 0.25) is 17.7 Å². The Hall–Kier alpha value is -3.15. The predicted octanol–water partition coefficient (Wildman–Crippen LogP) is 3.94. The van der Waals surface area contributed by atoms with Gasteiger partial charge in [-0.1, -0.05) is 42.5 Å². The van der Waals surface area contributed by atoms with Crippen molar-refractivity contribution in [3.63, 3.8) is 0 Å². The summed E-state index contributed by atoms with van der Waals surface area (Å²) in [7, 11) is 1.65. The van der Waals surface area contributed by atoms with Crippen LogP contribution >= 0.6 is 0 Å². The summed E-state index contributed by atoms with van der Waals surface area (Å²) in [6.45, 7) is 0.599. The van der Waals surface area contributed by atoms with Gasteiger partial charge in [0, 0.05) is 25.8 Å². The maximum absolute atomic E-state index is 12.0. The molecule has 1 N–H and O–H groups in total. The monoisotopic (exact) mass is 407 g/mol. The molecule has 0 atom stereocenters. The second-order valence-corrected chi connectivity index (χ2v) is 7.23. The summed E-state index contributed by atoms with van der Waals surface area (Å²) >= 11 is 0. The Morgan fingerprint density at radius 1 is 0.867 bits per heavy atom. The molecule has 3 rings (SSSR count). The number of carbonyl (C=O) groups excluding carboxylic acids is 1. The highest BCUT2D eigenvalue weighted by Gasteiger charge is 2.09. The first-order valence-electron chi connectivity index (χ1n) is 10.5. The Balaban J connectivity index is 1.29. The second-order valence-electron chi connectivity index (χ2n) is 7.23.